The molecule has 2 fully saturated rings. The second-order valence-electron chi connectivity index (χ2n) is 10.8. The summed E-state index contributed by atoms with van der Waals surface area (Å²) in [5.41, 5.74) is 0.206. The third kappa shape index (κ3) is 6.20. The molecule has 38 heavy (non-hydrogen) atoms. The minimum absolute atomic E-state index is 0.0140. The van der Waals surface area contributed by atoms with E-state index in [2.05, 4.69) is 20.4 Å². The van der Waals surface area contributed by atoms with E-state index >= 15 is 0 Å². The van der Waals surface area contributed by atoms with Crippen LogP contribution in [0.25, 0.3) is 0 Å². The van der Waals surface area contributed by atoms with Gasteiger partial charge in [-0.05, 0) is 30.4 Å². The van der Waals surface area contributed by atoms with Gasteiger partial charge in [0.05, 0.1) is 31.0 Å². The molecule has 208 valence electrons. The topological polar surface area (TPSA) is 119 Å². The van der Waals surface area contributed by atoms with Crippen molar-refractivity contribution in [3.05, 3.63) is 35.7 Å². The molecule has 2 aromatic rings. The smallest absolute Gasteiger partial charge is 0.496 e. The predicted molar refractivity (Wildman–Crippen MR) is 128 cm³/mol. The van der Waals surface area contributed by atoms with E-state index in [0.717, 1.165) is 24.6 Å². The Hall–Kier alpha value is -3.35. The zero-order valence-electron chi connectivity index (χ0n) is 21.7. The van der Waals surface area contributed by atoms with Crippen LogP contribution in [-0.4, -0.2) is 69.0 Å². The second kappa shape index (κ2) is 10.4. The number of likely N-dealkylation sites (tertiary alicyclic amines) is 1. The van der Waals surface area contributed by atoms with Gasteiger partial charge in [-0.15, -0.1) is 18.3 Å². The average molecular weight is 540 g/mol. The van der Waals surface area contributed by atoms with Crippen molar-refractivity contribution in [1.82, 2.24) is 25.2 Å². The van der Waals surface area contributed by atoms with Crippen LogP contribution in [0.15, 0.2) is 24.4 Å². The van der Waals surface area contributed by atoms with Gasteiger partial charge < -0.3 is 24.8 Å². The number of nitrogens with one attached hydrogen (secondary N) is 1. The maximum Gasteiger partial charge on any atom is 0.573 e. The zero-order valence-corrected chi connectivity index (χ0v) is 21.7. The lowest BCUT2D eigenvalue weighted by Crippen LogP contribution is -2.50. The molecule has 0 radical (unpaired) electrons. The first kappa shape index (κ1) is 27.7. The Morgan fingerprint density at radius 1 is 1.21 bits per heavy atom. The molecular weight excluding hydrogens is 507 g/mol. The first-order chi connectivity index (χ1) is 17.8. The van der Waals surface area contributed by atoms with Crippen molar-refractivity contribution >= 4 is 11.8 Å². The zero-order chi connectivity index (χ0) is 27.8. The van der Waals surface area contributed by atoms with Gasteiger partial charge in [-0.3, -0.25) is 9.59 Å². The first-order valence-corrected chi connectivity index (χ1v) is 12.4. The molecular formula is C25H32F3N5O5. The van der Waals surface area contributed by atoms with Crippen LogP contribution in [-0.2, 0) is 16.1 Å². The molecule has 1 aliphatic carbocycles. The van der Waals surface area contributed by atoms with Crippen LogP contribution in [0.3, 0.4) is 0 Å². The highest BCUT2D eigenvalue weighted by molar-refractivity contribution is 5.90. The van der Waals surface area contributed by atoms with Crippen molar-refractivity contribution in [3.63, 3.8) is 0 Å². The highest BCUT2D eigenvalue weighted by Crippen LogP contribution is 2.40. The Labute approximate surface area is 218 Å². The van der Waals surface area contributed by atoms with Crippen molar-refractivity contribution in [2.45, 2.75) is 77.0 Å². The summed E-state index contributed by atoms with van der Waals surface area (Å²) >= 11 is 0. The summed E-state index contributed by atoms with van der Waals surface area (Å²) < 4.78 is 49.5. The number of amides is 2. The number of aliphatic hydroxyl groups is 1. The number of carbonyl (C=O) groups is 2. The van der Waals surface area contributed by atoms with Crippen LogP contribution in [0.4, 0.5) is 13.2 Å². The Balaban J connectivity index is 1.54. The summed E-state index contributed by atoms with van der Waals surface area (Å²) in [5.74, 6) is -1.10. The minimum Gasteiger partial charge on any atom is -0.496 e. The lowest BCUT2D eigenvalue weighted by atomic mass is 9.85. The Bertz CT molecular complexity index is 1170. The van der Waals surface area contributed by atoms with Gasteiger partial charge in [0.1, 0.15) is 23.6 Å². The molecule has 2 N–H and O–H groups in total. The fraction of sp³-hybridized carbons (Fsp3) is 0.600. The number of β-amino-alcohol motifs (C(OH)–C–C–N with tert-alkyl or cyclic N) is 1. The van der Waals surface area contributed by atoms with Gasteiger partial charge in [-0.2, -0.15) is 0 Å². The number of aliphatic hydroxyl groups excluding tert-OH is 1. The van der Waals surface area contributed by atoms with E-state index in [1.807, 2.05) is 20.8 Å². The number of carbonyl (C=O) groups excluding carboxylic acids is 2. The predicted octanol–water partition coefficient (Wildman–Crippen LogP) is 2.93. The number of methoxy groups -OCH3 is 1. The lowest BCUT2D eigenvalue weighted by molar-refractivity contribution is -0.274. The molecule has 0 spiro atoms. The molecule has 13 heteroatoms. The van der Waals surface area contributed by atoms with E-state index in [9.17, 15) is 27.9 Å². The summed E-state index contributed by atoms with van der Waals surface area (Å²) in [6, 6.07) is 2.08. The largest absolute Gasteiger partial charge is 0.573 e. The van der Waals surface area contributed by atoms with Crippen molar-refractivity contribution in [2.75, 3.05) is 13.7 Å². The summed E-state index contributed by atoms with van der Waals surface area (Å²) in [6.07, 6.45) is -2.09. The van der Waals surface area contributed by atoms with E-state index in [4.69, 9.17) is 4.74 Å². The Morgan fingerprint density at radius 3 is 2.50 bits per heavy atom. The van der Waals surface area contributed by atoms with Crippen LogP contribution >= 0.6 is 0 Å². The molecule has 10 nitrogen and oxygen atoms in total. The molecule has 2 aliphatic rings. The maximum atomic E-state index is 13.8. The number of ether oxygens (including phenoxy) is 2. The third-order valence-electron chi connectivity index (χ3n) is 6.68. The van der Waals surface area contributed by atoms with Gasteiger partial charge in [0.2, 0.25) is 11.8 Å². The van der Waals surface area contributed by atoms with Gasteiger partial charge in [-0.1, -0.05) is 32.1 Å². The molecule has 3 atom stereocenters. The second-order valence-corrected chi connectivity index (χ2v) is 10.8. The summed E-state index contributed by atoms with van der Waals surface area (Å²) in [4.78, 5) is 28.4. The average Bonchev–Trinajstić information content (AvgIpc) is 3.43. The number of halogens is 3. The SMILES string of the molecule is COc1cccc(OC(F)(F)F)c1CNC(=O)C1CC(O)CN1C(=O)[C@@H](n1cc(C2CC2)nn1)C(C)(C)C. The van der Waals surface area contributed by atoms with E-state index in [1.54, 1.807) is 6.20 Å². The van der Waals surface area contributed by atoms with Gasteiger partial charge in [-0.25, -0.2) is 4.68 Å². The molecule has 2 heterocycles. The van der Waals surface area contributed by atoms with Crippen LogP contribution in [0.1, 0.15) is 63.3 Å². The molecule has 1 aliphatic heterocycles. The standard InChI is InChI=1S/C25H32F3N5O5/c1-24(2,3)21(33-13-17(30-31-33)14-8-9-14)23(36)32-12-15(34)10-18(32)22(35)29-11-16-19(37-4)6-5-7-20(16)38-25(26,27)28/h5-7,13-15,18,21,34H,8-12H2,1-4H3,(H,29,35)/t15?,18?,21-/m1/s1. The van der Waals surface area contributed by atoms with Gasteiger partial charge in [0.15, 0.2) is 0 Å². The number of aromatic nitrogens is 3. The van der Waals surface area contributed by atoms with Crippen molar-refractivity contribution in [2.24, 2.45) is 5.41 Å². The number of rotatable bonds is 8. The van der Waals surface area contributed by atoms with Gasteiger partial charge in [0.25, 0.3) is 0 Å². The molecule has 4 rings (SSSR count). The van der Waals surface area contributed by atoms with E-state index < -0.39 is 47.5 Å². The summed E-state index contributed by atoms with van der Waals surface area (Å²) in [6.45, 7) is 5.21. The van der Waals surface area contributed by atoms with Gasteiger partial charge >= 0.3 is 6.36 Å². The van der Waals surface area contributed by atoms with Crippen molar-refractivity contribution in [1.29, 1.82) is 0 Å². The molecule has 2 unspecified atom stereocenters. The Kier molecular flexibility index (Phi) is 7.60. The fourth-order valence-electron chi connectivity index (χ4n) is 4.75. The summed E-state index contributed by atoms with van der Waals surface area (Å²) in [7, 11) is 1.29. The first-order valence-electron chi connectivity index (χ1n) is 12.4. The lowest BCUT2D eigenvalue weighted by Gasteiger charge is -2.34. The fourth-order valence-corrected chi connectivity index (χ4v) is 4.75. The minimum atomic E-state index is -4.94. The number of alkyl halides is 3. The van der Waals surface area contributed by atoms with Crippen LogP contribution < -0.4 is 14.8 Å². The highest BCUT2D eigenvalue weighted by Gasteiger charge is 2.45. The van der Waals surface area contributed by atoms with Crippen LogP contribution in [0.5, 0.6) is 11.5 Å². The van der Waals surface area contributed by atoms with Gasteiger partial charge in [0, 0.05) is 25.1 Å². The molecule has 0 bridgehead atoms. The third-order valence-corrected chi connectivity index (χ3v) is 6.68. The molecule has 2 amide bonds. The van der Waals surface area contributed by atoms with Crippen LogP contribution in [0, 0.1) is 5.41 Å². The molecule has 1 saturated carbocycles. The molecule has 1 aromatic heterocycles. The quantitative estimate of drug-likeness (QED) is 0.530. The Morgan fingerprint density at radius 2 is 1.89 bits per heavy atom. The van der Waals surface area contributed by atoms with E-state index in [0.29, 0.717) is 5.92 Å². The number of hydrogen-bond donors (Lipinski definition) is 2. The molecule has 1 saturated heterocycles. The monoisotopic (exact) mass is 539 g/mol. The normalized spacial score (nSPS) is 20.8. The van der Waals surface area contributed by atoms with E-state index in [-0.39, 0.29) is 30.8 Å². The highest BCUT2D eigenvalue weighted by atomic mass is 19.4. The van der Waals surface area contributed by atoms with Crippen molar-refractivity contribution in [3.8, 4) is 11.5 Å². The number of nitrogens with zero attached hydrogens (tertiary/aromatic N) is 4. The maximum absolute atomic E-state index is 13.8. The number of benzene rings is 1. The van der Waals surface area contributed by atoms with Crippen molar-refractivity contribution < 1.29 is 37.3 Å². The van der Waals surface area contributed by atoms with Crippen LogP contribution in [0.2, 0.25) is 0 Å². The molecule has 1 aromatic carbocycles. The summed E-state index contributed by atoms with van der Waals surface area (Å²) in [5, 5.41) is 21.4. The number of hydrogen-bond acceptors (Lipinski definition) is 7. The van der Waals surface area contributed by atoms with E-state index in [1.165, 1.54) is 28.8 Å².